The molecule has 0 heterocycles. The van der Waals surface area contributed by atoms with Gasteiger partial charge in [0.05, 0.1) is 18.8 Å². The van der Waals surface area contributed by atoms with Gasteiger partial charge < -0.3 is 20.2 Å². The SMILES string of the molecule is CCCCCCCCCCCCCCCCCCCCC(=O)N[C@@H](COP(=O)(O)O)[C@H](O)CCCCCCCCCCCCCCCC. The normalized spacial score (nSPS) is 13.2. The Morgan fingerprint density at radius 1 is 0.521 bits per heavy atom. The number of hydrogen-bond acceptors (Lipinski definition) is 4. The van der Waals surface area contributed by atoms with Crippen LogP contribution in [0, 0.1) is 0 Å². The maximum Gasteiger partial charge on any atom is 0.469 e. The van der Waals surface area contributed by atoms with Gasteiger partial charge >= 0.3 is 7.82 Å². The molecular formula is C40H82NO6P. The summed E-state index contributed by atoms with van der Waals surface area (Å²) < 4.78 is 15.9. The third kappa shape index (κ3) is 36.8. The smallest absolute Gasteiger partial charge is 0.391 e. The number of unbranched alkanes of at least 4 members (excludes halogenated alkanes) is 30. The topological polar surface area (TPSA) is 116 Å². The number of carbonyl (C=O) groups excluding carboxylic acids is 1. The summed E-state index contributed by atoms with van der Waals surface area (Å²) in [7, 11) is -4.68. The molecule has 288 valence electrons. The predicted molar refractivity (Wildman–Crippen MR) is 204 cm³/mol. The van der Waals surface area contributed by atoms with Crippen LogP contribution in [0.2, 0.25) is 0 Å². The fourth-order valence-corrected chi connectivity index (χ4v) is 7.00. The van der Waals surface area contributed by atoms with E-state index in [9.17, 15) is 14.5 Å². The molecule has 0 aliphatic carbocycles. The Labute approximate surface area is 298 Å². The van der Waals surface area contributed by atoms with E-state index in [-0.39, 0.29) is 5.91 Å². The summed E-state index contributed by atoms with van der Waals surface area (Å²) in [5, 5.41) is 13.5. The monoisotopic (exact) mass is 704 g/mol. The highest BCUT2D eigenvalue weighted by Crippen LogP contribution is 2.36. The van der Waals surface area contributed by atoms with Gasteiger partial charge in [-0.3, -0.25) is 9.32 Å². The van der Waals surface area contributed by atoms with Crippen LogP contribution in [-0.4, -0.2) is 39.6 Å². The molecule has 7 nitrogen and oxygen atoms in total. The van der Waals surface area contributed by atoms with Crippen molar-refractivity contribution in [3.8, 4) is 0 Å². The molecule has 0 aliphatic rings. The van der Waals surface area contributed by atoms with Crippen molar-refractivity contribution < 1.29 is 28.8 Å². The zero-order chi connectivity index (χ0) is 35.4. The Kier molecular flexibility index (Phi) is 36.0. The second-order valence-electron chi connectivity index (χ2n) is 14.7. The van der Waals surface area contributed by atoms with E-state index < -0.39 is 26.6 Å². The number of hydrogen-bond donors (Lipinski definition) is 4. The minimum absolute atomic E-state index is 0.189. The molecule has 0 rings (SSSR count). The first-order valence-electron chi connectivity index (χ1n) is 21.0. The van der Waals surface area contributed by atoms with Gasteiger partial charge in [0.2, 0.25) is 5.91 Å². The van der Waals surface area contributed by atoms with E-state index in [0.717, 1.165) is 38.5 Å². The zero-order valence-corrected chi connectivity index (χ0v) is 32.8. The van der Waals surface area contributed by atoms with Crippen molar-refractivity contribution in [2.75, 3.05) is 6.61 Å². The molecule has 0 unspecified atom stereocenters. The molecule has 0 saturated heterocycles. The van der Waals surface area contributed by atoms with Crippen LogP contribution in [0.25, 0.3) is 0 Å². The molecule has 8 heteroatoms. The lowest BCUT2D eigenvalue weighted by atomic mass is 10.0. The van der Waals surface area contributed by atoms with Gasteiger partial charge in [-0.1, -0.05) is 213 Å². The first kappa shape index (κ1) is 47.5. The first-order valence-corrected chi connectivity index (χ1v) is 22.5. The van der Waals surface area contributed by atoms with E-state index in [4.69, 9.17) is 9.79 Å². The van der Waals surface area contributed by atoms with Crippen LogP contribution in [0.4, 0.5) is 0 Å². The highest BCUT2D eigenvalue weighted by molar-refractivity contribution is 7.46. The lowest BCUT2D eigenvalue weighted by Gasteiger charge is -2.24. The van der Waals surface area contributed by atoms with Crippen molar-refractivity contribution in [1.29, 1.82) is 0 Å². The Bertz CT molecular complexity index is 718. The van der Waals surface area contributed by atoms with Crippen LogP contribution < -0.4 is 5.32 Å². The van der Waals surface area contributed by atoms with E-state index in [1.54, 1.807) is 0 Å². The van der Waals surface area contributed by atoms with E-state index in [1.165, 1.54) is 167 Å². The molecule has 0 saturated carbocycles. The number of phosphoric acid groups is 1. The van der Waals surface area contributed by atoms with Crippen LogP contribution in [-0.2, 0) is 13.9 Å². The quantitative estimate of drug-likeness (QED) is 0.0374. The van der Waals surface area contributed by atoms with Gasteiger partial charge in [0, 0.05) is 6.42 Å². The van der Waals surface area contributed by atoms with Gasteiger partial charge in [-0.2, -0.15) is 0 Å². The molecule has 0 spiro atoms. The van der Waals surface area contributed by atoms with Crippen molar-refractivity contribution in [1.82, 2.24) is 5.32 Å². The highest BCUT2D eigenvalue weighted by Gasteiger charge is 2.25. The van der Waals surface area contributed by atoms with Gasteiger partial charge in [-0.05, 0) is 12.8 Å². The van der Waals surface area contributed by atoms with Crippen LogP contribution in [0.15, 0.2) is 0 Å². The average molecular weight is 704 g/mol. The van der Waals surface area contributed by atoms with E-state index >= 15 is 0 Å². The van der Waals surface area contributed by atoms with E-state index in [2.05, 4.69) is 23.7 Å². The number of nitrogens with one attached hydrogen (secondary N) is 1. The summed E-state index contributed by atoms with van der Waals surface area (Å²) in [4.78, 5) is 30.9. The second-order valence-corrected chi connectivity index (χ2v) is 15.9. The fourth-order valence-electron chi connectivity index (χ4n) is 6.64. The number of rotatable bonds is 39. The minimum Gasteiger partial charge on any atom is -0.391 e. The van der Waals surface area contributed by atoms with E-state index in [0.29, 0.717) is 12.8 Å². The maximum absolute atomic E-state index is 12.6. The molecule has 1 amide bonds. The summed E-state index contributed by atoms with van der Waals surface area (Å²) in [6.07, 6.45) is 40.8. The summed E-state index contributed by atoms with van der Waals surface area (Å²) in [5.74, 6) is -0.189. The fraction of sp³-hybridized carbons (Fsp3) is 0.975. The summed E-state index contributed by atoms with van der Waals surface area (Å²) in [6, 6.07) is -0.817. The molecule has 0 bridgehead atoms. The predicted octanol–water partition coefficient (Wildman–Crippen LogP) is 12.2. The third-order valence-corrected chi connectivity index (χ3v) is 10.3. The van der Waals surface area contributed by atoms with Gasteiger partial charge in [-0.25, -0.2) is 4.57 Å². The van der Waals surface area contributed by atoms with Gasteiger partial charge in [0.1, 0.15) is 0 Å². The molecule has 0 aromatic heterocycles. The lowest BCUT2D eigenvalue weighted by Crippen LogP contribution is -2.46. The van der Waals surface area contributed by atoms with Crippen molar-refractivity contribution in [3.63, 3.8) is 0 Å². The zero-order valence-electron chi connectivity index (χ0n) is 31.9. The van der Waals surface area contributed by atoms with E-state index in [1.807, 2.05) is 0 Å². The standard InChI is InChI=1S/C40H82NO6P/c1-3-5-7-9-11-13-15-17-19-20-21-22-24-26-28-30-32-34-36-40(43)41-38(37-47-48(44,45)46)39(42)35-33-31-29-27-25-23-18-16-14-12-10-8-6-4-2/h38-39,42H,3-37H2,1-2H3,(H,41,43)(H2,44,45,46)/t38-,39+/m0/s1. The van der Waals surface area contributed by atoms with Crippen LogP contribution in [0.1, 0.15) is 232 Å². The molecule has 48 heavy (non-hydrogen) atoms. The minimum atomic E-state index is -4.68. The molecular weight excluding hydrogens is 621 g/mol. The molecule has 0 fully saturated rings. The Balaban J connectivity index is 3.87. The molecule has 0 radical (unpaired) electrons. The lowest BCUT2D eigenvalue weighted by molar-refractivity contribution is -0.123. The summed E-state index contributed by atoms with van der Waals surface area (Å²) in [5.41, 5.74) is 0. The second kappa shape index (κ2) is 36.3. The number of phosphoric ester groups is 1. The highest BCUT2D eigenvalue weighted by atomic mass is 31.2. The maximum atomic E-state index is 12.6. The van der Waals surface area contributed by atoms with Crippen molar-refractivity contribution in [2.24, 2.45) is 0 Å². The molecule has 0 aromatic carbocycles. The molecule has 0 aliphatic heterocycles. The van der Waals surface area contributed by atoms with Crippen molar-refractivity contribution in [2.45, 2.75) is 244 Å². The first-order chi connectivity index (χ1) is 23.3. The van der Waals surface area contributed by atoms with Crippen LogP contribution in [0.3, 0.4) is 0 Å². The average Bonchev–Trinajstić information content (AvgIpc) is 3.05. The molecule has 0 aromatic rings. The Morgan fingerprint density at radius 3 is 1.12 bits per heavy atom. The van der Waals surface area contributed by atoms with Gasteiger partial charge in [0.15, 0.2) is 0 Å². The van der Waals surface area contributed by atoms with Crippen LogP contribution in [0.5, 0.6) is 0 Å². The number of aliphatic hydroxyl groups is 1. The van der Waals surface area contributed by atoms with Crippen LogP contribution >= 0.6 is 7.82 Å². The van der Waals surface area contributed by atoms with Crippen molar-refractivity contribution in [3.05, 3.63) is 0 Å². The number of carbonyl (C=O) groups is 1. The summed E-state index contributed by atoms with van der Waals surface area (Å²) in [6.45, 7) is 4.14. The largest absolute Gasteiger partial charge is 0.469 e. The Morgan fingerprint density at radius 2 is 0.812 bits per heavy atom. The van der Waals surface area contributed by atoms with Gasteiger partial charge in [0.25, 0.3) is 0 Å². The number of aliphatic hydroxyl groups excluding tert-OH is 1. The third-order valence-electron chi connectivity index (χ3n) is 9.84. The van der Waals surface area contributed by atoms with Crippen molar-refractivity contribution >= 4 is 13.7 Å². The Hall–Kier alpha value is -0.460. The van der Waals surface area contributed by atoms with Gasteiger partial charge in [-0.15, -0.1) is 0 Å². The molecule has 4 N–H and O–H groups in total. The summed E-state index contributed by atoms with van der Waals surface area (Å²) >= 11 is 0. The molecule has 2 atom stereocenters. The number of amides is 1.